The zero-order chi connectivity index (χ0) is 14.8. The Bertz CT molecular complexity index is 391. The van der Waals surface area contributed by atoms with Crippen molar-refractivity contribution in [2.24, 2.45) is 5.84 Å². The van der Waals surface area contributed by atoms with Crippen LogP contribution in [-0.2, 0) is 19.3 Å². The highest BCUT2D eigenvalue weighted by atomic mass is 16.0. The fraction of sp³-hybridized carbons (Fsp3) is 0.667. The molecule has 3 heteroatoms. The van der Waals surface area contributed by atoms with E-state index in [0.717, 1.165) is 12.1 Å². The van der Waals surface area contributed by atoms with E-state index in [1.807, 2.05) is 0 Å². The van der Waals surface area contributed by atoms with E-state index in [1.54, 1.807) is 11.1 Å². The number of nitrogens with one attached hydrogen (secondary N) is 1. The van der Waals surface area contributed by atoms with E-state index in [4.69, 9.17) is 5.84 Å². The van der Waals surface area contributed by atoms with Crippen LogP contribution < -0.4 is 11.3 Å². The second-order valence-electron chi connectivity index (χ2n) is 5.68. The second-order valence-corrected chi connectivity index (χ2v) is 5.68. The predicted octanol–water partition coefficient (Wildman–Crippen LogP) is 4.18. The van der Waals surface area contributed by atoms with Gasteiger partial charge in [-0.25, -0.2) is 0 Å². The quantitative estimate of drug-likeness (QED) is 0.502. The molecule has 0 saturated heterocycles. The van der Waals surface area contributed by atoms with Crippen molar-refractivity contribution in [3.8, 4) is 0 Å². The van der Waals surface area contributed by atoms with Crippen molar-refractivity contribution < 1.29 is 5.48 Å². The van der Waals surface area contributed by atoms with Crippen molar-refractivity contribution in [1.82, 2.24) is 0 Å². The van der Waals surface area contributed by atoms with Crippen LogP contribution in [0.3, 0.4) is 0 Å². The van der Waals surface area contributed by atoms with E-state index in [-0.39, 0.29) is 5.48 Å². The molecule has 0 saturated carbocycles. The molecular weight excluding hydrogens is 260 g/mol. The maximum Gasteiger partial charge on any atom is 0.0520 e. The first kappa shape index (κ1) is 19.9. The summed E-state index contributed by atoms with van der Waals surface area (Å²) in [5, 5.41) is 0. The van der Waals surface area contributed by atoms with Gasteiger partial charge in [-0.05, 0) is 61.3 Å². The molecule has 3 nitrogen and oxygen atoms in total. The number of hydrazine groups is 1. The SMILES string of the molecule is CCCCc1ccc(NN)c(CCCC)c1CCCC.O. The van der Waals surface area contributed by atoms with Gasteiger partial charge in [-0.2, -0.15) is 0 Å². The van der Waals surface area contributed by atoms with Gasteiger partial charge in [-0.1, -0.05) is 46.1 Å². The van der Waals surface area contributed by atoms with Crippen LogP contribution in [0.5, 0.6) is 0 Å². The first-order valence-corrected chi connectivity index (χ1v) is 8.38. The molecule has 0 atom stereocenters. The highest BCUT2D eigenvalue weighted by molar-refractivity contribution is 5.57. The van der Waals surface area contributed by atoms with E-state index in [0.29, 0.717) is 0 Å². The molecule has 21 heavy (non-hydrogen) atoms. The van der Waals surface area contributed by atoms with Crippen LogP contribution in [-0.4, -0.2) is 5.48 Å². The molecule has 122 valence electrons. The number of benzene rings is 1. The smallest absolute Gasteiger partial charge is 0.0520 e. The Kier molecular flexibility index (Phi) is 11.0. The Labute approximate surface area is 130 Å². The average Bonchev–Trinajstić information content (AvgIpc) is 2.48. The van der Waals surface area contributed by atoms with Gasteiger partial charge in [0.1, 0.15) is 0 Å². The molecule has 1 aromatic carbocycles. The predicted molar refractivity (Wildman–Crippen MR) is 93.7 cm³/mol. The van der Waals surface area contributed by atoms with Crippen LogP contribution in [0.1, 0.15) is 76.0 Å². The van der Waals surface area contributed by atoms with Crippen LogP contribution >= 0.6 is 0 Å². The van der Waals surface area contributed by atoms with Gasteiger partial charge in [-0.3, -0.25) is 5.84 Å². The Morgan fingerprint density at radius 2 is 1.33 bits per heavy atom. The van der Waals surface area contributed by atoms with Crippen molar-refractivity contribution in [2.45, 2.75) is 78.6 Å². The molecule has 0 heterocycles. The lowest BCUT2D eigenvalue weighted by Crippen LogP contribution is -2.12. The minimum absolute atomic E-state index is 0. The topological polar surface area (TPSA) is 69.5 Å². The van der Waals surface area contributed by atoms with Gasteiger partial charge in [0.15, 0.2) is 0 Å². The third-order valence-electron chi connectivity index (χ3n) is 4.04. The van der Waals surface area contributed by atoms with Crippen LogP contribution in [0.25, 0.3) is 0 Å². The zero-order valence-corrected chi connectivity index (χ0v) is 14.1. The maximum atomic E-state index is 5.72. The van der Waals surface area contributed by atoms with Gasteiger partial charge < -0.3 is 10.9 Å². The third-order valence-corrected chi connectivity index (χ3v) is 4.04. The van der Waals surface area contributed by atoms with Crippen LogP contribution in [0.4, 0.5) is 5.69 Å². The van der Waals surface area contributed by atoms with Crippen molar-refractivity contribution >= 4 is 5.69 Å². The monoisotopic (exact) mass is 294 g/mol. The Balaban J connectivity index is 0.00000400. The summed E-state index contributed by atoms with van der Waals surface area (Å²) >= 11 is 0. The van der Waals surface area contributed by atoms with Crippen molar-refractivity contribution in [2.75, 3.05) is 5.43 Å². The maximum absolute atomic E-state index is 5.72. The van der Waals surface area contributed by atoms with E-state index in [9.17, 15) is 0 Å². The summed E-state index contributed by atoms with van der Waals surface area (Å²) in [6.45, 7) is 6.78. The molecule has 0 aliphatic rings. The summed E-state index contributed by atoms with van der Waals surface area (Å²) in [5.41, 5.74) is 8.62. The fourth-order valence-corrected chi connectivity index (χ4v) is 2.78. The number of aryl methyl sites for hydroxylation is 1. The molecule has 0 aromatic heterocycles. The number of hydrogen-bond donors (Lipinski definition) is 2. The fourth-order valence-electron chi connectivity index (χ4n) is 2.78. The molecule has 0 aliphatic carbocycles. The largest absolute Gasteiger partial charge is 0.412 e. The van der Waals surface area contributed by atoms with E-state index >= 15 is 0 Å². The number of anilines is 1. The van der Waals surface area contributed by atoms with Crippen LogP contribution in [0, 0.1) is 0 Å². The van der Waals surface area contributed by atoms with Gasteiger partial charge in [0.25, 0.3) is 0 Å². The zero-order valence-electron chi connectivity index (χ0n) is 14.1. The highest BCUT2D eigenvalue weighted by Crippen LogP contribution is 2.28. The average molecular weight is 294 g/mol. The van der Waals surface area contributed by atoms with Crippen molar-refractivity contribution in [1.29, 1.82) is 0 Å². The molecule has 5 N–H and O–H groups in total. The third kappa shape index (κ3) is 6.06. The van der Waals surface area contributed by atoms with Crippen LogP contribution in [0.2, 0.25) is 0 Å². The van der Waals surface area contributed by atoms with Gasteiger partial charge in [0.2, 0.25) is 0 Å². The lowest BCUT2D eigenvalue weighted by Gasteiger charge is -2.19. The molecular formula is C18H34N2O. The van der Waals surface area contributed by atoms with Crippen molar-refractivity contribution in [3.63, 3.8) is 0 Å². The van der Waals surface area contributed by atoms with Gasteiger partial charge in [-0.15, -0.1) is 0 Å². The van der Waals surface area contributed by atoms with E-state index < -0.39 is 0 Å². The van der Waals surface area contributed by atoms with Gasteiger partial charge in [0, 0.05) is 0 Å². The number of unbranched alkanes of at least 4 members (excludes halogenated alkanes) is 3. The van der Waals surface area contributed by atoms with E-state index in [2.05, 4.69) is 38.3 Å². The number of rotatable bonds is 10. The molecule has 0 spiro atoms. The van der Waals surface area contributed by atoms with Gasteiger partial charge in [0.05, 0.1) is 5.69 Å². The summed E-state index contributed by atoms with van der Waals surface area (Å²) in [5.74, 6) is 5.72. The Morgan fingerprint density at radius 1 is 0.810 bits per heavy atom. The normalized spacial score (nSPS) is 10.3. The standard InChI is InChI=1S/C18H32N2.H2O/c1-4-7-10-15-13-14-18(20-19)17(12-9-6-3)16(15)11-8-5-2;/h13-14,20H,4-12,19H2,1-3H3;1H2. The lowest BCUT2D eigenvalue weighted by molar-refractivity contribution is 0.735. The minimum Gasteiger partial charge on any atom is -0.412 e. The molecule has 0 bridgehead atoms. The molecule has 0 radical (unpaired) electrons. The molecule has 1 rings (SSSR count). The molecule has 0 fully saturated rings. The lowest BCUT2D eigenvalue weighted by atomic mass is 9.90. The molecule has 0 aliphatic heterocycles. The first-order valence-electron chi connectivity index (χ1n) is 8.38. The van der Waals surface area contributed by atoms with Crippen molar-refractivity contribution in [3.05, 3.63) is 28.8 Å². The van der Waals surface area contributed by atoms with Crippen LogP contribution in [0.15, 0.2) is 12.1 Å². The second kappa shape index (κ2) is 11.6. The number of hydrogen-bond acceptors (Lipinski definition) is 2. The highest BCUT2D eigenvalue weighted by Gasteiger charge is 2.12. The molecule has 1 aromatic rings. The minimum atomic E-state index is 0. The Hall–Kier alpha value is -1.06. The Morgan fingerprint density at radius 3 is 1.86 bits per heavy atom. The summed E-state index contributed by atoms with van der Waals surface area (Å²) in [6, 6.07) is 4.46. The summed E-state index contributed by atoms with van der Waals surface area (Å²) in [4.78, 5) is 0. The summed E-state index contributed by atoms with van der Waals surface area (Å²) < 4.78 is 0. The van der Waals surface area contributed by atoms with E-state index in [1.165, 1.54) is 56.9 Å². The number of nitrogen functional groups attached to an aromatic ring is 1. The number of nitrogens with two attached hydrogens (primary N) is 1. The summed E-state index contributed by atoms with van der Waals surface area (Å²) in [7, 11) is 0. The van der Waals surface area contributed by atoms with Gasteiger partial charge >= 0.3 is 0 Å². The first-order chi connectivity index (χ1) is 9.78. The molecule has 0 amide bonds. The molecule has 0 unspecified atom stereocenters. The summed E-state index contributed by atoms with van der Waals surface area (Å²) in [6.07, 6.45) is 11.1.